The molecule has 0 fully saturated rings. The Hall–Kier alpha value is -0.640. The number of benzene rings is 1. The van der Waals surface area contributed by atoms with Crippen LogP contribution >= 0.6 is 27.3 Å². The fourth-order valence-electron chi connectivity index (χ4n) is 1.91. The maximum atomic E-state index is 10.2. The number of aryl methyl sites for hydroxylation is 2. The minimum absolute atomic E-state index is 0.417. The van der Waals surface area contributed by atoms with Crippen LogP contribution in [-0.2, 0) is 6.42 Å². The van der Waals surface area contributed by atoms with Gasteiger partial charge in [-0.1, -0.05) is 34.1 Å². The summed E-state index contributed by atoms with van der Waals surface area (Å²) in [5.41, 5.74) is 3.34. The highest BCUT2D eigenvalue weighted by Gasteiger charge is 2.11. The molecule has 0 spiro atoms. The van der Waals surface area contributed by atoms with Crippen LogP contribution in [0.25, 0.3) is 0 Å². The van der Waals surface area contributed by atoms with Crippen LogP contribution in [0.2, 0.25) is 0 Å². The molecule has 0 saturated carbocycles. The zero-order valence-electron chi connectivity index (χ0n) is 9.90. The number of aliphatic hydroxyl groups excluding tert-OH is 1. The first-order valence-electron chi connectivity index (χ1n) is 5.55. The van der Waals surface area contributed by atoms with Crippen molar-refractivity contribution >= 4 is 27.3 Å². The zero-order chi connectivity index (χ0) is 12.4. The van der Waals surface area contributed by atoms with Gasteiger partial charge in [0.05, 0.1) is 6.10 Å². The van der Waals surface area contributed by atoms with Crippen LogP contribution in [-0.4, -0.2) is 5.11 Å². The summed E-state index contributed by atoms with van der Waals surface area (Å²) in [4.78, 5) is 1.22. The van der Waals surface area contributed by atoms with Gasteiger partial charge in [0, 0.05) is 15.8 Å². The second-order valence-electron chi connectivity index (χ2n) is 4.27. The van der Waals surface area contributed by atoms with Gasteiger partial charge in [-0.15, -0.1) is 11.3 Å². The summed E-state index contributed by atoms with van der Waals surface area (Å²) in [5.74, 6) is 0. The Morgan fingerprint density at radius 3 is 2.47 bits per heavy atom. The number of halogens is 1. The van der Waals surface area contributed by atoms with E-state index in [4.69, 9.17) is 0 Å². The molecule has 0 aliphatic heterocycles. The van der Waals surface area contributed by atoms with Crippen LogP contribution in [0.15, 0.2) is 34.1 Å². The van der Waals surface area contributed by atoms with Crippen molar-refractivity contribution in [3.05, 3.63) is 55.7 Å². The summed E-state index contributed by atoms with van der Waals surface area (Å²) >= 11 is 5.23. The van der Waals surface area contributed by atoms with Crippen molar-refractivity contribution in [2.24, 2.45) is 0 Å². The van der Waals surface area contributed by atoms with Gasteiger partial charge in [-0.05, 0) is 42.0 Å². The molecule has 0 bridgehead atoms. The molecule has 1 N–H and O–H groups in total. The van der Waals surface area contributed by atoms with Crippen molar-refractivity contribution in [2.45, 2.75) is 26.4 Å². The summed E-state index contributed by atoms with van der Waals surface area (Å²) in [6.07, 6.45) is 0.275. The lowest BCUT2D eigenvalue weighted by molar-refractivity contribution is 0.179. The van der Waals surface area contributed by atoms with E-state index in [0.717, 1.165) is 10.0 Å². The van der Waals surface area contributed by atoms with Crippen molar-refractivity contribution in [1.82, 2.24) is 0 Å². The molecule has 1 aromatic carbocycles. The standard InChI is InChI=1S/C14H15BrOS/c1-9-6-11(7-10(2)14(9)15)13(16)8-12-4-3-5-17-12/h3-7,13,16H,8H2,1-2H3. The minimum Gasteiger partial charge on any atom is -0.388 e. The normalized spacial score (nSPS) is 12.7. The monoisotopic (exact) mass is 310 g/mol. The van der Waals surface area contributed by atoms with Gasteiger partial charge in [0.2, 0.25) is 0 Å². The number of hydrogen-bond donors (Lipinski definition) is 1. The maximum absolute atomic E-state index is 10.2. The van der Waals surface area contributed by atoms with Crippen molar-refractivity contribution < 1.29 is 5.11 Å². The maximum Gasteiger partial charge on any atom is 0.0838 e. The molecule has 2 aromatic rings. The van der Waals surface area contributed by atoms with E-state index in [-0.39, 0.29) is 0 Å². The smallest absolute Gasteiger partial charge is 0.0838 e. The van der Waals surface area contributed by atoms with Gasteiger partial charge in [-0.3, -0.25) is 0 Å². The van der Waals surface area contributed by atoms with E-state index in [2.05, 4.69) is 48.0 Å². The van der Waals surface area contributed by atoms with E-state index in [1.807, 2.05) is 11.4 Å². The molecule has 90 valence electrons. The number of rotatable bonds is 3. The van der Waals surface area contributed by atoms with Crippen molar-refractivity contribution in [3.63, 3.8) is 0 Å². The molecule has 17 heavy (non-hydrogen) atoms. The fraction of sp³-hybridized carbons (Fsp3) is 0.286. The lowest BCUT2D eigenvalue weighted by Crippen LogP contribution is -2.02. The molecule has 2 rings (SSSR count). The van der Waals surface area contributed by atoms with Crippen LogP contribution in [0.5, 0.6) is 0 Å². The van der Waals surface area contributed by atoms with Crippen LogP contribution in [0.1, 0.15) is 27.7 Å². The summed E-state index contributed by atoms with van der Waals surface area (Å²) < 4.78 is 1.13. The third-order valence-corrected chi connectivity index (χ3v) is 4.97. The molecule has 0 aliphatic carbocycles. The molecule has 1 nitrogen and oxygen atoms in total. The molecule has 0 saturated heterocycles. The van der Waals surface area contributed by atoms with Crippen molar-refractivity contribution in [2.75, 3.05) is 0 Å². The van der Waals surface area contributed by atoms with E-state index < -0.39 is 6.10 Å². The van der Waals surface area contributed by atoms with Crippen molar-refractivity contribution in [1.29, 1.82) is 0 Å². The molecule has 3 heteroatoms. The molecule has 1 unspecified atom stereocenters. The summed E-state index contributed by atoms with van der Waals surface area (Å²) in [5, 5.41) is 12.3. The third-order valence-electron chi connectivity index (χ3n) is 2.82. The highest BCUT2D eigenvalue weighted by Crippen LogP contribution is 2.27. The Balaban J connectivity index is 2.22. The van der Waals surface area contributed by atoms with Crippen molar-refractivity contribution in [3.8, 4) is 0 Å². The molecule has 0 radical (unpaired) electrons. The first-order valence-corrected chi connectivity index (χ1v) is 7.22. The van der Waals surface area contributed by atoms with Gasteiger partial charge < -0.3 is 5.11 Å². The lowest BCUT2D eigenvalue weighted by Gasteiger charge is -2.13. The van der Waals surface area contributed by atoms with Crippen LogP contribution in [0.4, 0.5) is 0 Å². The minimum atomic E-state index is -0.417. The first kappa shape index (κ1) is 12.8. The molecule has 0 aliphatic rings. The second-order valence-corrected chi connectivity index (χ2v) is 6.09. The zero-order valence-corrected chi connectivity index (χ0v) is 12.3. The van der Waals surface area contributed by atoms with Gasteiger partial charge in [0.25, 0.3) is 0 Å². The van der Waals surface area contributed by atoms with Crippen LogP contribution in [0.3, 0.4) is 0 Å². The van der Waals surface area contributed by atoms with E-state index in [9.17, 15) is 5.11 Å². The average molecular weight is 311 g/mol. The Morgan fingerprint density at radius 1 is 1.29 bits per heavy atom. The van der Waals surface area contributed by atoms with E-state index in [1.54, 1.807) is 11.3 Å². The summed E-state index contributed by atoms with van der Waals surface area (Å²) in [7, 11) is 0. The Bertz CT molecular complexity index is 482. The highest BCUT2D eigenvalue weighted by molar-refractivity contribution is 9.10. The van der Waals surface area contributed by atoms with E-state index in [1.165, 1.54) is 16.0 Å². The summed E-state index contributed by atoms with van der Waals surface area (Å²) in [6.45, 7) is 4.11. The van der Waals surface area contributed by atoms with Crippen LogP contribution in [0, 0.1) is 13.8 Å². The van der Waals surface area contributed by atoms with Crippen LogP contribution < -0.4 is 0 Å². The predicted molar refractivity (Wildman–Crippen MR) is 76.6 cm³/mol. The van der Waals surface area contributed by atoms with Gasteiger partial charge in [0.1, 0.15) is 0 Å². The molecule has 1 heterocycles. The topological polar surface area (TPSA) is 20.2 Å². The summed E-state index contributed by atoms with van der Waals surface area (Å²) in [6, 6.07) is 8.18. The predicted octanol–water partition coefficient (Wildman–Crippen LogP) is 4.40. The average Bonchev–Trinajstić information content (AvgIpc) is 2.77. The Kier molecular flexibility index (Phi) is 4.02. The first-order chi connectivity index (χ1) is 8.08. The molecule has 0 amide bonds. The number of aliphatic hydroxyl groups is 1. The van der Waals surface area contributed by atoms with Gasteiger partial charge in [0.15, 0.2) is 0 Å². The number of hydrogen-bond acceptors (Lipinski definition) is 2. The van der Waals surface area contributed by atoms with E-state index >= 15 is 0 Å². The quantitative estimate of drug-likeness (QED) is 0.890. The van der Waals surface area contributed by atoms with E-state index in [0.29, 0.717) is 6.42 Å². The fourth-order valence-corrected chi connectivity index (χ4v) is 2.88. The molecular weight excluding hydrogens is 296 g/mol. The highest BCUT2D eigenvalue weighted by atomic mass is 79.9. The van der Waals surface area contributed by atoms with Gasteiger partial charge >= 0.3 is 0 Å². The SMILES string of the molecule is Cc1cc(C(O)Cc2cccs2)cc(C)c1Br. The number of thiophene rings is 1. The lowest BCUT2D eigenvalue weighted by atomic mass is 10.0. The largest absolute Gasteiger partial charge is 0.388 e. The van der Waals surface area contributed by atoms with Gasteiger partial charge in [-0.25, -0.2) is 0 Å². The molecule has 1 atom stereocenters. The Labute approximate surface area is 114 Å². The van der Waals surface area contributed by atoms with Gasteiger partial charge in [-0.2, -0.15) is 0 Å². The third kappa shape index (κ3) is 2.97. The second kappa shape index (κ2) is 5.34. The molecule has 1 aromatic heterocycles. The Morgan fingerprint density at radius 2 is 1.94 bits per heavy atom. The molecular formula is C14H15BrOS.